The van der Waals surface area contributed by atoms with Gasteiger partial charge in [-0.05, 0) is 42.4 Å². The molecule has 6 heteroatoms. The number of nitrogens with two attached hydrogens (primary N) is 1. The maximum Gasteiger partial charge on any atom is 0.307 e. The first-order valence-electron chi connectivity index (χ1n) is 11.4. The zero-order chi connectivity index (χ0) is 24.4. The second kappa shape index (κ2) is 12.3. The highest BCUT2D eigenvalue weighted by molar-refractivity contribution is 6.09. The Morgan fingerprint density at radius 3 is 2.55 bits per heavy atom. The fourth-order valence-electron chi connectivity index (χ4n) is 4.01. The molecule has 1 aliphatic rings. The van der Waals surface area contributed by atoms with E-state index in [4.69, 9.17) is 10.7 Å². The predicted molar refractivity (Wildman–Crippen MR) is 137 cm³/mol. The molecular formula is C27H38N4O2. The lowest BCUT2D eigenvalue weighted by molar-refractivity contribution is -0.145. The van der Waals surface area contributed by atoms with Gasteiger partial charge in [0.1, 0.15) is 0 Å². The molecule has 33 heavy (non-hydrogen) atoms. The van der Waals surface area contributed by atoms with Crippen molar-refractivity contribution in [3.8, 4) is 0 Å². The van der Waals surface area contributed by atoms with Crippen LogP contribution in [0.4, 0.5) is 0 Å². The number of rotatable bonds is 9. The number of hydrogen-bond donors (Lipinski definition) is 2. The van der Waals surface area contributed by atoms with Crippen molar-refractivity contribution in [2.45, 2.75) is 40.7 Å². The minimum Gasteiger partial charge on any atom is -0.481 e. The zero-order valence-electron chi connectivity index (χ0n) is 20.4. The van der Waals surface area contributed by atoms with Gasteiger partial charge >= 0.3 is 5.97 Å². The SMILES string of the molecule is C=C/C=C(\N=CC)C(/C=C(\N)CN1CC(C(=O)O)CC(C(C)(C)C)C1)=NCc1ccccc1. The Morgan fingerprint density at radius 2 is 1.97 bits per heavy atom. The quantitative estimate of drug-likeness (QED) is 0.421. The normalized spacial score (nSPS) is 21.4. The van der Waals surface area contributed by atoms with Crippen molar-refractivity contribution >= 4 is 17.9 Å². The molecule has 1 heterocycles. The smallest absolute Gasteiger partial charge is 0.307 e. The summed E-state index contributed by atoms with van der Waals surface area (Å²) >= 11 is 0. The van der Waals surface area contributed by atoms with Crippen LogP contribution in [-0.2, 0) is 11.3 Å². The molecule has 0 saturated carbocycles. The van der Waals surface area contributed by atoms with Crippen molar-refractivity contribution in [1.29, 1.82) is 0 Å². The van der Waals surface area contributed by atoms with Crippen molar-refractivity contribution in [2.24, 2.45) is 33.0 Å². The molecule has 1 aliphatic heterocycles. The first kappa shape index (κ1) is 26.3. The molecule has 0 amide bonds. The van der Waals surface area contributed by atoms with Gasteiger partial charge in [-0.2, -0.15) is 0 Å². The van der Waals surface area contributed by atoms with Gasteiger partial charge in [0, 0.05) is 31.5 Å². The second-order valence-electron chi connectivity index (χ2n) is 9.61. The van der Waals surface area contributed by atoms with E-state index in [9.17, 15) is 9.90 Å². The second-order valence-corrected chi connectivity index (χ2v) is 9.61. The van der Waals surface area contributed by atoms with Crippen molar-refractivity contribution < 1.29 is 9.90 Å². The number of carboxylic acid groups (broad SMARTS) is 1. The van der Waals surface area contributed by atoms with Gasteiger partial charge in [-0.3, -0.25) is 19.7 Å². The molecule has 6 nitrogen and oxygen atoms in total. The van der Waals surface area contributed by atoms with Gasteiger partial charge in [-0.15, -0.1) is 0 Å². The van der Waals surface area contributed by atoms with Gasteiger partial charge in [0.05, 0.1) is 23.9 Å². The Morgan fingerprint density at radius 1 is 1.27 bits per heavy atom. The summed E-state index contributed by atoms with van der Waals surface area (Å²) in [5.41, 5.74) is 9.57. The highest BCUT2D eigenvalue weighted by Gasteiger charge is 2.37. The van der Waals surface area contributed by atoms with Gasteiger partial charge in [-0.25, -0.2) is 0 Å². The minimum atomic E-state index is -0.741. The first-order chi connectivity index (χ1) is 15.6. The van der Waals surface area contributed by atoms with Gasteiger partial charge in [0.2, 0.25) is 0 Å². The summed E-state index contributed by atoms with van der Waals surface area (Å²) in [7, 11) is 0. The van der Waals surface area contributed by atoms with Crippen LogP contribution in [0.3, 0.4) is 0 Å². The molecule has 178 valence electrons. The topological polar surface area (TPSA) is 91.3 Å². The van der Waals surface area contributed by atoms with Crippen molar-refractivity contribution in [2.75, 3.05) is 19.6 Å². The number of aliphatic imine (C=N–C) groups is 2. The monoisotopic (exact) mass is 450 g/mol. The van der Waals surface area contributed by atoms with Crippen molar-refractivity contribution in [3.05, 3.63) is 72.1 Å². The number of carboxylic acids is 1. The number of nitrogens with zero attached hydrogens (tertiary/aromatic N) is 3. The fourth-order valence-corrected chi connectivity index (χ4v) is 4.01. The molecule has 3 N–H and O–H groups in total. The molecule has 1 fully saturated rings. The van der Waals surface area contributed by atoms with E-state index >= 15 is 0 Å². The lowest BCUT2D eigenvalue weighted by Crippen LogP contribution is -2.47. The Kier molecular flexibility index (Phi) is 9.79. The average Bonchev–Trinajstić information content (AvgIpc) is 2.76. The summed E-state index contributed by atoms with van der Waals surface area (Å²) in [6.07, 6.45) is 7.75. The standard InChI is InChI=1S/C27H38N4O2/c1-6-11-24(29-7-2)25(30-16-20-12-9-8-10-13-20)15-23(28)19-31-17-21(26(32)33)14-22(18-31)27(3,4)5/h6-13,15,21-22H,1,14,16-19,28H2,2-5H3,(H,32,33)/b23-15-,24-11-,29-7?,30-25?. The number of hydrogen-bond acceptors (Lipinski definition) is 5. The van der Waals surface area contributed by atoms with Crippen molar-refractivity contribution in [1.82, 2.24) is 4.90 Å². The van der Waals surface area contributed by atoms with Crippen LogP contribution in [0.1, 0.15) is 39.7 Å². The maximum absolute atomic E-state index is 11.8. The molecule has 0 radical (unpaired) electrons. The summed E-state index contributed by atoms with van der Waals surface area (Å²) in [5, 5.41) is 9.66. The maximum atomic E-state index is 11.8. The zero-order valence-corrected chi connectivity index (χ0v) is 20.4. The Hall–Kier alpha value is -2.99. The summed E-state index contributed by atoms with van der Waals surface area (Å²) in [6, 6.07) is 10.0. The van der Waals surface area contributed by atoms with Crippen LogP contribution in [0.5, 0.6) is 0 Å². The van der Waals surface area contributed by atoms with Crippen LogP contribution in [0.25, 0.3) is 0 Å². The summed E-state index contributed by atoms with van der Waals surface area (Å²) < 4.78 is 0. The van der Waals surface area contributed by atoms with E-state index in [1.165, 1.54) is 0 Å². The molecule has 2 atom stereocenters. The number of carbonyl (C=O) groups is 1. The van der Waals surface area contributed by atoms with E-state index in [1.807, 2.05) is 49.4 Å². The third kappa shape index (κ3) is 8.46. The molecule has 1 aromatic carbocycles. The van der Waals surface area contributed by atoms with Gasteiger partial charge in [0.15, 0.2) is 0 Å². The third-order valence-electron chi connectivity index (χ3n) is 5.91. The highest BCUT2D eigenvalue weighted by atomic mass is 16.4. The van der Waals surface area contributed by atoms with Crippen LogP contribution >= 0.6 is 0 Å². The Labute approximate surface area is 198 Å². The van der Waals surface area contributed by atoms with Gasteiger partial charge in [0.25, 0.3) is 0 Å². The van der Waals surface area contributed by atoms with Gasteiger partial charge < -0.3 is 10.8 Å². The third-order valence-corrected chi connectivity index (χ3v) is 5.91. The fraction of sp³-hybridized carbons (Fsp3) is 0.444. The lowest BCUT2D eigenvalue weighted by Gasteiger charge is -2.42. The van der Waals surface area contributed by atoms with Crippen LogP contribution in [0.15, 0.2) is 76.5 Å². The number of likely N-dealkylation sites (tertiary alicyclic amines) is 1. The van der Waals surface area contributed by atoms with E-state index < -0.39 is 5.97 Å². The van der Waals surface area contributed by atoms with E-state index in [1.54, 1.807) is 12.3 Å². The first-order valence-corrected chi connectivity index (χ1v) is 11.4. The number of piperidine rings is 1. The van der Waals surface area contributed by atoms with Crippen LogP contribution < -0.4 is 5.73 Å². The van der Waals surface area contributed by atoms with Crippen LogP contribution in [0.2, 0.25) is 0 Å². The Bertz CT molecular complexity index is 923. The number of allylic oxidation sites excluding steroid dienone is 3. The molecule has 1 aromatic rings. The average molecular weight is 451 g/mol. The van der Waals surface area contributed by atoms with Crippen molar-refractivity contribution in [3.63, 3.8) is 0 Å². The molecular weight excluding hydrogens is 412 g/mol. The van der Waals surface area contributed by atoms with Gasteiger partial charge in [-0.1, -0.05) is 63.8 Å². The summed E-state index contributed by atoms with van der Waals surface area (Å²) in [6.45, 7) is 14.5. The molecule has 0 aromatic heterocycles. The van der Waals surface area contributed by atoms with Crippen LogP contribution in [0, 0.1) is 17.3 Å². The largest absolute Gasteiger partial charge is 0.481 e. The Balaban J connectivity index is 2.29. The highest BCUT2D eigenvalue weighted by Crippen LogP contribution is 2.35. The molecule has 0 bridgehead atoms. The van der Waals surface area contributed by atoms with E-state index in [0.717, 1.165) is 12.1 Å². The molecule has 0 aliphatic carbocycles. The van der Waals surface area contributed by atoms with E-state index in [-0.39, 0.29) is 17.3 Å². The van der Waals surface area contributed by atoms with E-state index in [0.29, 0.717) is 43.2 Å². The minimum absolute atomic E-state index is 0.0306. The molecule has 1 saturated heterocycles. The number of benzene rings is 1. The number of aliphatic carboxylic acids is 1. The lowest BCUT2D eigenvalue weighted by atomic mass is 9.73. The summed E-state index contributed by atoms with van der Waals surface area (Å²) in [5.74, 6) is -0.842. The molecule has 0 spiro atoms. The molecule has 2 rings (SSSR count). The summed E-state index contributed by atoms with van der Waals surface area (Å²) in [4.78, 5) is 23.1. The van der Waals surface area contributed by atoms with Crippen LogP contribution in [-0.4, -0.2) is 47.5 Å². The molecule has 2 unspecified atom stereocenters. The predicted octanol–water partition coefficient (Wildman–Crippen LogP) is 4.70. The van der Waals surface area contributed by atoms with E-state index in [2.05, 4.69) is 37.2 Å².